The Balaban J connectivity index is 1.83. The van der Waals surface area contributed by atoms with Crippen LogP contribution >= 0.6 is 0 Å². The average molecular weight is 631 g/mol. The molecule has 0 saturated carbocycles. The Bertz CT molecular complexity index is 1890. The number of benzene rings is 4. The third kappa shape index (κ3) is 6.47. The highest BCUT2D eigenvalue weighted by atomic mass is 32.2. The predicted molar refractivity (Wildman–Crippen MR) is 166 cm³/mol. The van der Waals surface area contributed by atoms with Crippen LogP contribution in [-0.2, 0) is 29.6 Å². The minimum absolute atomic E-state index is 0.116. The van der Waals surface area contributed by atoms with Gasteiger partial charge in [-0.25, -0.2) is 16.8 Å². The predicted octanol–water partition coefficient (Wildman–Crippen LogP) is 4.19. The fraction of sp³-hybridized carbons (Fsp3) is 0.133. The van der Waals surface area contributed by atoms with E-state index in [0.717, 1.165) is 8.61 Å². The third-order valence-corrected chi connectivity index (χ3v) is 9.92. The van der Waals surface area contributed by atoms with Gasteiger partial charge < -0.3 is 10.6 Å². The molecule has 4 aromatic carbocycles. The molecule has 0 aromatic heterocycles. The van der Waals surface area contributed by atoms with Crippen LogP contribution in [0.3, 0.4) is 0 Å². The second kappa shape index (κ2) is 12.8. The lowest BCUT2D eigenvalue weighted by atomic mass is 10.1. The van der Waals surface area contributed by atoms with Gasteiger partial charge in [-0.15, -0.1) is 0 Å². The van der Waals surface area contributed by atoms with E-state index in [1.165, 1.54) is 74.5 Å². The van der Waals surface area contributed by atoms with E-state index >= 15 is 0 Å². The summed E-state index contributed by atoms with van der Waals surface area (Å²) in [5, 5.41) is 24.9. The molecule has 0 bridgehead atoms. The molecule has 4 aromatic rings. The first kappa shape index (κ1) is 31.5. The van der Waals surface area contributed by atoms with Gasteiger partial charge in [0.25, 0.3) is 20.0 Å². The van der Waals surface area contributed by atoms with E-state index in [4.69, 9.17) is 0 Å². The summed E-state index contributed by atoms with van der Waals surface area (Å²) in [4.78, 5) is 22.5. The molecular weight excluding hydrogens is 605 g/mol. The summed E-state index contributed by atoms with van der Waals surface area (Å²) in [5.41, 5.74) is 1.01. The first-order chi connectivity index (χ1) is 20.9. The van der Waals surface area contributed by atoms with Crippen molar-refractivity contribution < 1.29 is 26.4 Å². The molecule has 0 spiro atoms. The maximum absolute atomic E-state index is 13.8. The smallest absolute Gasteiger partial charge is 0.265 e. The molecule has 0 unspecified atom stereocenters. The number of carbonyl (C=O) groups is 2. The number of nitrogens with one attached hydrogen (secondary N) is 2. The summed E-state index contributed by atoms with van der Waals surface area (Å²) in [5.74, 6) is -0.652. The number of sulfonamides is 2. The van der Waals surface area contributed by atoms with Gasteiger partial charge in [-0.3, -0.25) is 18.2 Å². The maximum Gasteiger partial charge on any atom is 0.265 e. The van der Waals surface area contributed by atoms with Crippen LogP contribution in [0.25, 0.3) is 10.8 Å². The highest BCUT2D eigenvalue weighted by molar-refractivity contribution is 7.93. The number of anilines is 4. The van der Waals surface area contributed by atoms with Crippen LogP contribution in [0.2, 0.25) is 0 Å². The van der Waals surface area contributed by atoms with Crippen molar-refractivity contribution in [3.63, 3.8) is 0 Å². The summed E-state index contributed by atoms with van der Waals surface area (Å²) < 4.78 is 56.9. The summed E-state index contributed by atoms with van der Waals surface area (Å²) in [7, 11) is -8.59. The number of hydrogen-bond donors (Lipinski definition) is 2. The molecule has 0 saturated heterocycles. The van der Waals surface area contributed by atoms with Gasteiger partial charge in [0.1, 0.15) is 13.1 Å². The van der Waals surface area contributed by atoms with Crippen LogP contribution in [0.15, 0.2) is 94.7 Å². The second-order valence-electron chi connectivity index (χ2n) is 9.40. The number of amides is 2. The quantitative estimate of drug-likeness (QED) is 0.245. The molecule has 2 amide bonds. The zero-order chi connectivity index (χ0) is 32.1. The monoisotopic (exact) mass is 630 g/mol. The van der Waals surface area contributed by atoms with Gasteiger partial charge in [-0.05, 0) is 60.7 Å². The van der Waals surface area contributed by atoms with Crippen molar-refractivity contribution in [2.24, 2.45) is 0 Å². The van der Waals surface area contributed by atoms with Crippen molar-refractivity contribution >= 4 is 65.4 Å². The normalized spacial score (nSPS) is 11.2. The van der Waals surface area contributed by atoms with Crippen molar-refractivity contribution in [1.82, 2.24) is 0 Å². The SMILES string of the molecule is CC(=O)Nc1ccc(S(=O)(=O)N(CC#N)c2ccc(N(CC#N)S(=O)(=O)c3ccc(NC(C)=O)cc3)c3ccccc23)cc1. The van der Waals surface area contributed by atoms with Crippen molar-refractivity contribution in [2.75, 3.05) is 32.3 Å². The van der Waals surface area contributed by atoms with E-state index < -0.39 is 33.1 Å². The minimum Gasteiger partial charge on any atom is -0.326 e. The number of rotatable bonds is 10. The van der Waals surface area contributed by atoms with Gasteiger partial charge in [0, 0.05) is 36.0 Å². The molecule has 0 aliphatic heterocycles. The molecule has 44 heavy (non-hydrogen) atoms. The molecule has 0 atom stereocenters. The summed E-state index contributed by atoms with van der Waals surface area (Å²) in [6.07, 6.45) is 0. The van der Waals surface area contributed by atoms with E-state index in [1.807, 2.05) is 12.1 Å². The van der Waals surface area contributed by atoms with E-state index in [2.05, 4.69) is 10.6 Å². The van der Waals surface area contributed by atoms with Crippen molar-refractivity contribution in [3.05, 3.63) is 84.9 Å². The number of fused-ring (bicyclic) bond motifs is 1. The van der Waals surface area contributed by atoms with Crippen LogP contribution in [0, 0.1) is 22.7 Å². The van der Waals surface area contributed by atoms with Gasteiger partial charge in [0.2, 0.25) is 11.8 Å². The number of nitriles is 2. The summed E-state index contributed by atoms with van der Waals surface area (Å²) >= 11 is 0. The lowest BCUT2D eigenvalue weighted by Crippen LogP contribution is -2.33. The van der Waals surface area contributed by atoms with E-state index in [0.29, 0.717) is 22.1 Å². The van der Waals surface area contributed by atoms with Crippen molar-refractivity contribution in [3.8, 4) is 12.1 Å². The molecule has 0 aliphatic rings. The largest absolute Gasteiger partial charge is 0.326 e. The summed E-state index contributed by atoms with van der Waals surface area (Å²) in [6, 6.07) is 23.9. The first-order valence-electron chi connectivity index (χ1n) is 13.0. The van der Waals surface area contributed by atoms with Crippen LogP contribution in [0.1, 0.15) is 13.8 Å². The number of carbonyl (C=O) groups excluding carboxylic acids is 2. The standard InChI is InChI=1S/C30H26N6O6S2/c1-21(37)33-23-7-11-25(12-8-23)43(39,40)35(19-17-31)29-15-16-30(28-6-4-3-5-27(28)29)36(20-18-32)44(41,42)26-13-9-24(10-14-26)34-22(2)38/h3-16H,19-20H2,1-2H3,(H,33,37)(H,34,38). The Morgan fingerprint density at radius 3 is 1.25 bits per heavy atom. The van der Waals surface area contributed by atoms with Gasteiger partial charge in [0.05, 0.1) is 33.3 Å². The maximum atomic E-state index is 13.8. The topological polar surface area (TPSA) is 181 Å². The highest BCUT2D eigenvalue weighted by Crippen LogP contribution is 2.38. The molecule has 224 valence electrons. The molecule has 0 aliphatic carbocycles. The highest BCUT2D eigenvalue weighted by Gasteiger charge is 2.30. The van der Waals surface area contributed by atoms with Crippen LogP contribution in [0.5, 0.6) is 0 Å². The first-order valence-corrected chi connectivity index (χ1v) is 15.8. The Hall–Kier alpha value is -5.44. The van der Waals surface area contributed by atoms with Crippen LogP contribution in [0.4, 0.5) is 22.7 Å². The molecule has 2 N–H and O–H groups in total. The molecular formula is C30H26N6O6S2. The van der Waals surface area contributed by atoms with Gasteiger partial charge in [-0.2, -0.15) is 10.5 Å². The van der Waals surface area contributed by atoms with E-state index in [-0.39, 0.29) is 33.0 Å². The lowest BCUT2D eigenvalue weighted by Gasteiger charge is -2.27. The minimum atomic E-state index is -4.30. The molecule has 12 nitrogen and oxygen atoms in total. The van der Waals surface area contributed by atoms with Gasteiger partial charge in [-0.1, -0.05) is 24.3 Å². The average Bonchev–Trinajstić information content (AvgIpc) is 2.98. The van der Waals surface area contributed by atoms with Crippen molar-refractivity contribution in [1.29, 1.82) is 10.5 Å². The fourth-order valence-corrected chi connectivity index (χ4v) is 7.27. The Kier molecular flexibility index (Phi) is 9.18. The van der Waals surface area contributed by atoms with E-state index in [1.54, 1.807) is 24.3 Å². The summed E-state index contributed by atoms with van der Waals surface area (Å²) in [6.45, 7) is 1.53. The van der Waals surface area contributed by atoms with Crippen molar-refractivity contribution in [2.45, 2.75) is 23.6 Å². The molecule has 0 heterocycles. The molecule has 0 radical (unpaired) electrons. The molecule has 4 rings (SSSR count). The second-order valence-corrected chi connectivity index (χ2v) is 13.1. The van der Waals surface area contributed by atoms with E-state index in [9.17, 15) is 36.9 Å². The number of hydrogen-bond acceptors (Lipinski definition) is 8. The van der Waals surface area contributed by atoms with Crippen LogP contribution in [-0.4, -0.2) is 41.7 Å². The molecule has 14 heteroatoms. The zero-order valence-corrected chi connectivity index (χ0v) is 25.2. The lowest BCUT2D eigenvalue weighted by molar-refractivity contribution is -0.115. The number of nitrogens with zero attached hydrogens (tertiary/aromatic N) is 4. The Morgan fingerprint density at radius 2 is 0.955 bits per heavy atom. The van der Waals surface area contributed by atoms with Gasteiger partial charge >= 0.3 is 0 Å². The van der Waals surface area contributed by atoms with Gasteiger partial charge in [0.15, 0.2) is 0 Å². The Labute approximate surface area is 254 Å². The van der Waals surface area contributed by atoms with Crippen LogP contribution < -0.4 is 19.2 Å². The zero-order valence-electron chi connectivity index (χ0n) is 23.6. The Morgan fingerprint density at radius 1 is 0.614 bits per heavy atom. The fourth-order valence-electron chi connectivity index (χ4n) is 4.51. The third-order valence-electron chi connectivity index (χ3n) is 6.37. The molecule has 0 fully saturated rings.